The molecule has 1 atom stereocenters. The maximum Gasteiger partial charge on any atom is 0.320 e. The van der Waals surface area contributed by atoms with E-state index < -0.39 is 6.10 Å². The second-order valence-electron chi connectivity index (χ2n) is 6.28. The molecule has 0 saturated carbocycles. The number of hydrogen-bond donors (Lipinski definition) is 3. The van der Waals surface area contributed by atoms with Crippen LogP contribution in [-0.2, 0) is 7.05 Å². The number of urea groups is 1. The van der Waals surface area contributed by atoms with Crippen LogP contribution in [0.5, 0.6) is 0 Å². The standard InChI is InChI=1S/C14H26N4O2/c1-9(2)12(19)14(4,5)8-15-13(20)16-11-7-10(3)18(6)17-11/h7,9,12,19H,8H2,1-6H3,(H2,15,16,17,20). The minimum Gasteiger partial charge on any atom is -0.392 e. The van der Waals surface area contributed by atoms with Gasteiger partial charge in [-0.1, -0.05) is 27.7 Å². The van der Waals surface area contributed by atoms with E-state index in [9.17, 15) is 9.90 Å². The number of aromatic nitrogens is 2. The number of rotatable bonds is 5. The van der Waals surface area contributed by atoms with Gasteiger partial charge in [-0.05, 0) is 12.8 Å². The summed E-state index contributed by atoms with van der Waals surface area (Å²) in [5.41, 5.74) is 0.585. The molecular weight excluding hydrogens is 256 g/mol. The minimum absolute atomic E-state index is 0.147. The van der Waals surface area contributed by atoms with Crippen molar-refractivity contribution in [2.75, 3.05) is 11.9 Å². The van der Waals surface area contributed by atoms with Gasteiger partial charge in [-0.3, -0.25) is 10.00 Å². The Morgan fingerprint density at radius 1 is 1.50 bits per heavy atom. The van der Waals surface area contributed by atoms with Crippen molar-refractivity contribution in [3.63, 3.8) is 0 Å². The van der Waals surface area contributed by atoms with Gasteiger partial charge in [-0.25, -0.2) is 4.79 Å². The molecule has 1 heterocycles. The van der Waals surface area contributed by atoms with Gasteiger partial charge in [-0.15, -0.1) is 0 Å². The minimum atomic E-state index is -0.472. The second-order valence-corrected chi connectivity index (χ2v) is 6.28. The number of aliphatic hydroxyl groups is 1. The average Bonchev–Trinajstić information content (AvgIpc) is 2.64. The molecular formula is C14H26N4O2. The number of carbonyl (C=O) groups is 1. The lowest BCUT2D eigenvalue weighted by atomic mass is 9.81. The molecule has 0 aliphatic rings. The first kappa shape index (κ1) is 16.5. The fourth-order valence-electron chi connectivity index (χ4n) is 2.10. The molecule has 0 spiro atoms. The fourth-order valence-corrected chi connectivity index (χ4v) is 2.10. The van der Waals surface area contributed by atoms with E-state index in [1.807, 2.05) is 41.7 Å². The quantitative estimate of drug-likeness (QED) is 0.771. The number of carbonyl (C=O) groups excluding carboxylic acids is 1. The molecule has 1 unspecified atom stereocenters. The van der Waals surface area contributed by atoms with E-state index in [2.05, 4.69) is 15.7 Å². The van der Waals surface area contributed by atoms with Gasteiger partial charge >= 0.3 is 6.03 Å². The van der Waals surface area contributed by atoms with Gasteiger partial charge in [0.15, 0.2) is 5.82 Å². The van der Waals surface area contributed by atoms with Gasteiger partial charge in [0.05, 0.1) is 6.10 Å². The van der Waals surface area contributed by atoms with Crippen LogP contribution in [0.25, 0.3) is 0 Å². The zero-order chi connectivity index (χ0) is 15.5. The summed E-state index contributed by atoms with van der Waals surface area (Å²) in [5.74, 6) is 0.665. The molecule has 2 amide bonds. The van der Waals surface area contributed by atoms with Crippen LogP contribution in [-0.4, -0.2) is 33.6 Å². The van der Waals surface area contributed by atoms with Crippen molar-refractivity contribution < 1.29 is 9.90 Å². The summed E-state index contributed by atoms with van der Waals surface area (Å²) >= 11 is 0. The molecule has 0 aromatic carbocycles. The largest absolute Gasteiger partial charge is 0.392 e. The van der Waals surface area contributed by atoms with E-state index in [4.69, 9.17) is 0 Å². The highest BCUT2D eigenvalue weighted by Gasteiger charge is 2.30. The Hall–Kier alpha value is -1.56. The Morgan fingerprint density at radius 3 is 2.55 bits per heavy atom. The summed E-state index contributed by atoms with van der Waals surface area (Å²) < 4.78 is 1.70. The Bertz CT molecular complexity index is 446. The fraction of sp³-hybridized carbons (Fsp3) is 0.714. The molecule has 0 radical (unpaired) electrons. The van der Waals surface area contributed by atoms with Crippen LogP contribution < -0.4 is 10.6 Å². The lowest BCUT2D eigenvalue weighted by Gasteiger charge is -2.33. The second kappa shape index (κ2) is 6.26. The third-order valence-electron chi connectivity index (χ3n) is 3.49. The molecule has 0 aliphatic carbocycles. The zero-order valence-corrected chi connectivity index (χ0v) is 13.2. The predicted molar refractivity (Wildman–Crippen MR) is 79.6 cm³/mol. The van der Waals surface area contributed by atoms with Crippen molar-refractivity contribution >= 4 is 11.8 Å². The first-order chi connectivity index (χ1) is 9.13. The van der Waals surface area contributed by atoms with Crippen LogP contribution in [0.15, 0.2) is 6.07 Å². The molecule has 6 nitrogen and oxygen atoms in total. The lowest BCUT2D eigenvalue weighted by Crippen LogP contribution is -2.44. The molecule has 0 saturated heterocycles. The Labute approximate surface area is 120 Å². The predicted octanol–water partition coefficient (Wildman–Crippen LogP) is 1.89. The van der Waals surface area contributed by atoms with Crippen molar-refractivity contribution in [3.05, 3.63) is 11.8 Å². The van der Waals surface area contributed by atoms with Crippen LogP contribution in [0.4, 0.5) is 10.6 Å². The highest BCUT2D eigenvalue weighted by atomic mass is 16.3. The number of amides is 2. The van der Waals surface area contributed by atoms with Crippen molar-refractivity contribution in [2.24, 2.45) is 18.4 Å². The highest BCUT2D eigenvalue weighted by molar-refractivity contribution is 5.88. The van der Waals surface area contributed by atoms with E-state index in [0.717, 1.165) is 5.69 Å². The van der Waals surface area contributed by atoms with Gasteiger partial charge in [0.2, 0.25) is 0 Å². The first-order valence-corrected chi connectivity index (χ1v) is 6.87. The number of hydrogen-bond acceptors (Lipinski definition) is 3. The molecule has 0 bridgehead atoms. The van der Waals surface area contributed by atoms with Gasteiger partial charge in [0.1, 0.15) is 0 Å². The average molecular weight is 282 g/mol. The Balaban J connectivity index is 2.51. The summed E-state index contributed by atoms with van der Waals surface area (Å²) in [6.45, 7) is 10.1. The smallest absolute Gasteiger partial charge is 0.320 e. The molecule has 1 aromatic heterocycles. The summed E-state index contributed by atoms with van der Waals surface area (Å²) in [7, 11) is 1.82. The van der Waals surface area contributed by atoms with Gasteiger partial charge in [-0.2, -0.15) is 5.10 Å². The van der Waals surface area contributed by atoms with E-state index >= 15 is 0 Å². The monoisotopic (exact) mass is 282 g/mol. The molecule has 0 fully saturated rings. The van der Waals surface area contributed by atoms with Crippen LogP contribution in [0, 0.1) is 18.3 Å². The van der Waals surface area contributed by atoms with Gasteiger partial charge in [0, 0.05) is 30.8 Å². The van der Waals surface area contributed by atoms with E-state index in [1.165, 1.54) is 0 Å². The zero-order valence-electron chi connectivity index (χ0n) is 13.2. The molecule has 0 aliphatic heterocycles. The molecule has 20 heavy (non-hydrogen) atoms. The van der Waals surface area contributed by atoms with E-state index in [0.29, 0.717) is 12.4 Å². The van der Waals surface area contributed by atoms with Crippen LogP contribution in [0.1, 0.15) is 33.4 Å². The van der Waals surface area contributed by atoms with Crippen molar-refractivity contribution in [1.82, 2.24) is 15.1 Å². The van der Waals surface area contributed by atoms with Gasteiger partial charge < -0.3 is 10.4 Å². The Morgan fingerprint density at radius 2 is 2.10 bits per heavy atom. The number of nitrogens with one attached hydrogen (secondary N) is 2. The molecule has 1 rings (SSSR count). The van der Waals surface area contributed by atoms with Gasteiger partial charge in [0.25, 0.3) is 0 Å². The van der Waals surface area contributed by atoms with Crippen molar-refractivity contribution in [2.45, 2.75) is 40.7 Å². The Kier molecular flexibility index (Phi) is 5.16. The number of nitrogens with zero attached hydrogens (tertiary/aromatic N) is 2. The lowest BCUT2D eigenvalue weighted by molar-refractivity contribution is 0.0154. The maximum atomic E-state index is 11.8. The number of anilines is 1. The van der Waals surface area contributed by atoms with Crippen LogP contribution >= 0.6 is 0 Å². The molecule has 114 valence electrons. The normalized spacial score (nSPS) is 13.4. The number of aryl methyl sites for hydroxylation is 2. The summed E-state index contributed by atoms with van der Waals surface area (Å²) in [4.78, 5) is 11.8. The SMILES string of the molecule is Cc1cc(NC(=O)NCC(C)(C)C(O)C(C)C)nn1C. The third-order valence-corrected chi connectivity index (χ3v) is 3.49. The van der Waals surface area contributed by atoms with E-state index in [1.54, 1.807) is 10.7 Å². The first-order valence-electron chi connectivity index (χ1n) is 6.87. The summed E-state index contributed by atoms with van der Waals surface area (Å²) in [6.07, 6.45) is -0.472. The van der Waals surface area contributed by atoms with Crippen LogP contribution in [0.3, 0.4) is 0 Å². The number of aliphatic hydroxyl groups excluding tert-OH is 1. The molecule has 6 heteroatoms. The van der Waals surface area contributed by atoms with Crippen LogP contribution in [0.2, 0.25) is 0 Å². The summed E-state index contributed by atoms with van der Waals surface area (Å²) in [5, 5.41) is 19.7. The third kappa shape index (κ3) is 4.23. The van der Waals surface area contributed by atoms with Crippen molar-refractivity contribution in [3.8, 4) is 0 Å². The van der Waals surface area contributed by atoms with Crippen molar-refractivity contribution in [1.29, 1.82) is 0 Å². The highest BCUT2D eigenvalue weighted by Crippen LogP contribution is 2.25. The molecule has 3 N–H and O–H groups in total. The van der Waals surface area contributed by atoms with E-state index in [-0.39, 0.29) is 17.4 Å². The molecule has 1 aromatic rings. The maximum absolute atomic E-state index is 11.8. The summed E-state index contributed by atoms with van der Waals surface area (Å²) in [6, 6.07) is 1.49. The topological polar surface area (TPSA) is 79.2 Å².